The fraction of sp³-hybridized carbons (Fsp3) is 0.533. The molecule has 0 saturated heterocycles. The van der Waals surface area contributed by atoms with E-state index < -0.39 is 20.8 Å². The average molecular weight is 391 g/mol. The number of phenols is 1. The van der Waals surface area contributed by atoms with Crippen LogP contribution in [0.2, 0.25) is 0 Å². The number of para-hydroxylation sites is 1. The normalized spacial score (nSPS) is 19.9. The second-order valence-corrected chi connectivity index (χ2v) is 9.51. The van der Waals surface area contributed by atoms with Gasteiger partial charge in [0, 0.05) is 11.8 Å². The van der Waals surface area contributed by atoms with Crippen LogP contribution in [0.4, 0.5) is 0 Å². The van der Waals surface area contributed by atoms with Gasteiger partial charge in [-0.05, 0) is 49.7 Å². The molecule has 2 aliphatic rings. The maximum atomic E-state index is 9.87. The Balaban J connectivity index is 0.000000452. The molecule has 5 heteroatoms. The topological polar surface area (TPSA) is 32.6 Å². The van der Waals surface area contributed by atoms with E-state index in [1.165, 1.54) is 32.1 Å². The molecule has 2 nitrogen and oxygen atoms in total. The van der Waals surface area contributed by atoms with Crippen molar-refractivity contribution in [2.75, 3.05) is 0 Å². The molecular formula is C15H19Cl2NOZr. The monoisotopic (exact) mass is 389 g/mol. The van der Waals surface area contributed by atoms with Crippen LogP contribution in [0.15, 0.2) is 23.2 Å². The van der Waals surface area contributed by atoms with Gasteiger partial charge in [0.2, 0.25) is 0 Å². The maximum absolute atomic E-state index is 9.87. The molecule has 20 heavy (non-hydrogen) atoms. The second kappa shape index (κ2) is 7.43. The summed E-state index contributed by atoms with van der Waals surface area (Å²) < 4.78 is 0. The van der Waals surface area contributed by atoms with Crippen molar-refractivity contribution in [1.29, 1.82) is 0 Å². The van der Waals surface area contributed by atoms with E-state index in [2.05, 4.69) is 4.99 Å². The minimum absolute atomic E-state index is 0.369. The van der Waals surface area contributed by atoms with E-state index in [1.807, 2.05) is 31.3 Å². The number of phenolic OH excluding ortho intramolecular Hbond substituents is 1. The van der Waals surface area contributed by atoms with Crippen LogP contribution in [0.1, 0.15) is 43.2 Å². The van der Waals surface area contributed by atoms with Crippen LogP contribution in [0.5, 0.6) is 5.75 Å². The van der Waals surface area contributed by atoms with Crippen LogP contribution in [0.25, 0.3) is 0 Å². The van der Waals surface area contributed by atoms with Crippen molar-refractivity contribution in [2.24, 2.45) is 10.4 Å². The average Bonchev–Trinajstić information content (AvgIpc) is 2.31. The Morgan fingerprint density at radius 1 is 1.35 bits per heavy atom. The van der Waals surface area contributed by atoms with E-state index >= 15 is 0 Å². The summed E-state index contributed by atoms with van der Waals surface area (Å²) in [6.45, 7) is 1.92. The van der Waals surface area contributed by atoms with E-state index in [1.54, 1.807) is 0 Å². The van der Waals surface area contributed by atoms with E-state index in [4.69, 9.17) is 17.0 Å². The molecule has 1 spiro atoms. The van der Waals surface area contributed by atoms with Crippen LogP contribution in [-0.4, -0.2) is 17.4 Å². The SMILES string of the molecule is Cc1cccc(C=NC2CC3(CCC3)C2)c1O.[Cl][Zr][Cl]. The van der Waals surface area contributed by atoms with Crippen LogP contribution in [-0.2, 0) is 20.8 Å². The Kier molecular flexibility index (Phi) is 6.13. The van der Waals surface area contributed by atoms with Gasteiger partial charge in [0.15, 0.2) is 0 Å². The summed E-state index contributed by atoms with van der Waals surface area (Å²) in [6, 6.07) is 6.29. The quantitative estimate of drug-likeness (QED) is 0.720. The van der Waals surface area contributed by atoms with Crippen LogP contribution >= 0.6 is 17.0 Å². The van der Waals surface area contributed by atoms with Crippen molar-refractivity contribution in [3.05, 3.63) is 29.3 Å². The first kappa shape index (κ1) is 16.5. The molecule has 0 bridgehead atoms. The van der Waals surface area contributed by atoms with Gasteiger partial charge in [-0.2, -0.15) is 0 Å². The summed E-state index contributed by atoms with van der Waals surface area (Å²) in [4.78, 5) is 4.59. The van der Waals surface area contributed by atoms with Crippen molar-refractivity contribution in [2.45, 2.75) is 45.1 Å². The molecule has 0 aromatic heterocycles. The number of nitrogens with zero attached hydrogens (tertiary/aromatic N) is 1. The predicted octanol–water partition coefficient (Wildman–Crippen LogP) is 4.83. The van der Waals surface area contributed by atoms with Crippen molar-refractivity contribution in [1.82, 2.24) is 0 Å². The second-order valence-electron chi connectivity index (χ2n) is 5.78. The summed E-state index contributed by atoms with van der Waals surface area (Å²) in [7, 11) is 9.87. The van der Waals surface area contributed by atoms with Crippen LogP contribution in [0.3, 0.4) is 0 Å². The van der Waals surface area contributed by atoms with Crippen LogP contribution < -0.4 is 0 Å². The molecule has 2 aliphatic carbocycles. The van der Waals surface area contributed by atoms with E-state index in [-0.39, 0.29) is 0 Å². The predicted molar refractivity (Wildman–Crippen MR) is 81.4 cm³/mol. The Morgan fingerprint density at radius 3 is 2.55 bits per heavy atom. The Hall–Kier alpha value is 0.153. The van der Waals surface area contributed by atoms with Gasteiger partial charge >= 0.3 is 37.9 Å². The molecule has 1 aromatic rings. The van der Waals surface area contributed by atoms with Gasteiger partial charge in [-0.15, -0.1) is 0 Å². The van der Waals surface area contributed by atoms with Gasteiger partial charge in [0.1, 0.15) is 5.75 Å². The third-order valence-corrected chi connectivity index (χ3v) is 4.44. The van der Waals surface area contributed by atoms with E-state index in [9.17, 15) is 5.11 Å². The minimum atomic E-state index is -0.826. The zero-order valence-electron chi connectivity index (χ0n) is 11.6. The molecule has 2 saturated carbocycles. The molecule has 108 valence electrons. The Bertz CT molecular complexity index is 481. The number of aliphatic imine (C=N–C) groups is 1. The number of halogens is 2. The molecular weight excluding hydrogens is 372 g/mol. The van der Waals surface area contributed by atoms with Gasteiger partial charge in [0.25, 0.3) is 0 Å². The zero-order valence-corrected chi connectivity index (χ0v) is 15.5. The van der Waals surface area contributed by atoms with Gasteiger partial charge in [-0.3, -0.25) is 4.99 Å². The Labute approximate surface area is 139 Å². The number of aryl methyl sites for hydroxylation is 1. The van der Waals surface area contributed by atoms with Gasteiger partial charge < -0.3 is 5.11 Å². The zero-order chi connectivity index (χ0) is 14.6. The fourth-order valence-corrected chi connectivity index (χ4v) is 3.10. The summed E-state index contributed by atoms with van der Waals surface area (Å²) in [5.41, 5.74) is 2.44. The van der Waals surface area contributed by atoms with E-state index in [0.717, 1.165) is 11.1 Å². The summed E-state index contributed by atoms with van der Waals surface area (Å²) in [6.07, 6.45) is 8.60. The number of aromatic hydroxyl groups is 1. The van der Waals surface area contributed by atoms with Gasteiger partial charge in [-0.1, -0.05) is 18.6 Å². The summed E-state index contributed by atoms with van der Waals surface area (Å²) in [5.74, 6) is 0.369. The number of benzene rings is 1. The van der Waals surface area contributed by atoms with Crippen molar-refractivity contribution in [3.63, 3.8) is 0 Å². The molecule has 0 aliphatic heterocycles. The molecule has 0 radical (unpaired) electrons. The molecule has 0 heterocycles. The first-order valence-electron chi connectivity index (χ1n) is 6.88. The third kappa shape index (κ3) is 3.87. The molecule has 2 fully saturated rings. The molecule has 0 unspecified atom stereocenters. The van der Waals surface area contributed by atoms with Crippen molar-refractivity contribution >= 4 is 23.2 Å². The van der Waals surface area contributed by atoms with Gasteiger partial charge in [-0.25, -0.2) is 0 Å². The number of rotatable bonds is 2. The van der Waals surface area contributed by atoms with Crippen molar-refractivity contribution in [3.8, 4) is 5.75 Å². The summed E-state index contributed by atoms with van der Waals surface area (Å²) in [5, 5.41) is 9.87. The molecule has 1 aromatic carbocycles. The van der Waals surface area contributed by atoms with Crippen molar-refractivity contribution < 1.29 is 26.0 Å². The fourth-order valence-electron chi connectivity index (χ4n) is 3.10. The first-order valence-corrected chi connectivity index (χ1v) is 13.2. The number of hydrogen-bond acceptors (Lipinski definition) is 2. The summed E-state index contributed by atoms with van der Waals surface area (Å²) >= 11 is -0.826. The Morgan fingerprint density at radius 2 is 2.00 bits per heavy atom. The molecule has 0 amide bonds. The molecule has 0 atom stereocenters. The van der Waals surface area contributed by atoms with E-state index in [0.29, 0.717) is 17.2 Å². The molecule has 1 N–H and O–H groups in total. The standard InChI is InChI=1S/C15H19NO.2ClH.Zr/c1-11-4-2-5-12(14(11)17)10-16-13-8-15(9-13)6-3-7-15;;;/h2,4-5,10,13,17H,3,6-9H2,1H3;2*1H;/q;;;+2/p-2. The van der Waals surface area contributed by atoms with Gasteiger partial charge in [0.05, 0.1) is 6.04 Å². The number of hydrogen-bond donors (Lipinski definition) is 1. The van der Waals surface area contributed by atoms with Crippen LogP contribution in [0, 0.1) is 12.3 Å². The third-order valence-electron chi connectivity index (χ3n) is 4.44. The first-order chi connectivity index (χ1) is 9.60. The molecule has 3 rings (SSSR count).